The Morgan fingerprint density at radius 2 is 1.67 bits per heavy atom. The second-order valence-electron chi connectivity index (χ2n) is 7.50. The summed E-state index contributed by atoms with van der Waals surface area (Å²) in [6.07, 6.45) is 2.57. The first-order valence-corrected chi connectivity index (χ1v) is 11.4. The lowest BCUT2D eigenvalue weighted by molar-refractivity contribution is -0.140. The molecule has 2 aromatic rings. The van der Waals surface area contributed by atoms with Crippen LogP contribution in [0.2, 0.25) is 0 Å². The molecule has 0 N–H and O–H groups in total. The zero-order chi connectivity index (χ0) is 21.7. The van der Waals surface area contributed by atoms with Crippen molar-refractivity contribution >= 4 is 21.6 Å². The fourth-order valence-corrected chi connectivity index (χ4v) is 5.41. The number of nitrogens with zero attached hydrogens (tertiary/aromatic N) is 1. The maximum absolute atomic E-state index is 13.0. The van der Waals surface area contributed by atoms with E-state index in [0.717, 1.165) is 22.3 Å². The van der Waals surface area contributed by atoms with Crippen LogP contribution >= 0.6 is 0 Å². The summed E-state index contributed by atoms with van der Waals surface area (Å²) in [5.74, 6) is -0.746. The Bertz CT molecular complexity index is 1040. The van der Waals surface area contributed by atoms with Crippen molar-refractivity contribution in [3.63, 3.8) is 0 Å². The Balaban J connectivity index is 1.75. The van der Waals surface area contributed by atoms with Gasteiger partial charge in [-0.25, -0.2) is 8.42 Å². The van der Waals surface area contributed by atoms with Crippen molar-refractivity contribution in [3.05, 3.63) is 78.4 Å². The second kappa shape index (κ2) is 9.41. The van der Waals surface area contributed by atoms with Crippen LogP contribution in [-0.2, 0) is 19.6 Å². The van der Waals surface area contributed by atoms with Gasteiger partial charge in [0.05, 0.1) is 7.11 Å². The monoisotopic (exact) mass is 425 g/mol. The van der Waals surface area contributed by atoms with Gasteiger partial charge in [0.15, 0.2) is 5.25 Å². The largest absolute Gasteiger partial charge is 0.468 e. The van der Waals surface area contributed by atoms with Crippen LogP contribution in [0.15, 0.2) is 72.8 Å². The van der Waals surface area contributed by atoms with Crippen molar-refractivity contribution in [3.8, 4) is 11.1 Å². The molecule has 0 unspecified atom stereocenters. The van der Waals surface area contributed by atoms with Crippen molar-refractivity contribution in [1.29, 1.82) is 0 Å². The van der Waals surface area contributed by atoms with E-state index in [9.17, 15) is 13.2 Å². The Hall–Kier alpha value is -2.70. The molecule has 0 spiro atoms. The highest BCUT2D eigenvalue weighted by atomic mass is 32.2. The summed E-state index contributed by atoms with van der Waals surface area (Å²) in [5.41, 5.74) is 5.11. The van der Waals surface area contributed by atoms with Crippen LogP contribution in [0.1, 0.15) is 25.3 Å². The summed E-state index contributed by atoms with van der Waals surface area (Å²) in [7, 11) is -2.62. The number of carbonyl (C=O) groups is 1. The second-order valence-corrected chi connectivity index (χ2v) is 9.61. The summed E-state index contributed by atoms with van der Waals surface area (Å²) in [4.78, 5) is 12.1. The lowest BCUT2D eigenvalue weighted by Gasteiger charge is -2.29. The Morgan fingerprint density at radius 1 is 1.07 bits per heavy atom. The highest BCUT2D eigenvalue weighted by Gasteiger charge is 2.38. The molecule has 1 aliphatic rings. The van der Waals surface area contributed by atoms with Crippen molar-refractivity contribution < 1.29 is 17.9 Å². The topological polar surface area (TPSA) is 63.7 Å². The predicted molar refractivity (Wildman–Crippen MR) is 120 cm³/mol. The molecule has 1 atom stereocenters. The van der Waals surface area contributed by atoms with Gasteiger partial charge < -0.3 is 4.74 Å². The molecule has 0 bridgehead atoms. The van der Waals surface area contributed by atoms with Gasteiger partial charge in [0.2, 0.25) is 10.0 Å². The smallest absolute Gasteiger partial charge is 0.325 e. The summed E-state index contributed by atoms with van der Waals surface area (Å²) in [5, 5.41) is -1.25. The first kappa shape index (κ1) is 22.0. The lowest BCUT2D eigenvalue weighted by atomic mass is 9.97. The van der Waals surface area contributed by atoms with Crippen molar-refractivity contribution in [2.24, 2.45) is 0 Å². The molecule has 2 aromatic carbocycles. The van der Waals surface area contributed by atoms with E-state index in [1.807, 2.05) is 24.3 Å². The van der Waals surface area contributed by atoms with Gasteiger partial charge >= 0.3 is 5.97 Å². The molecule has 0 saturated heterocycles. The van der Waals surface area contributed by atoms with Crippen molar-refractivity contribution in [2.75, 3.05) is 20.2 Å². The molecule has 0 amide bonds. The average molecular weight is 426 g/mol. The van der Waals surface area contributed by atoms with Crippen molar-refractivity contribution in [1.82, 2.24) is 4.31 Å². The summed E-state index contributed by atoms with van der Waals surface area (Å²) in [6.45, 7) is 6.02. The number of carbonyl (C=O) groups excluding carboxylic acids is 1. The third kappa shape index (κ3) is 4.89. The molecular weight excluding hydrogens is 398 g/mol. The quantitative estimate of drug-likeness (QED) is 0.491. The zero-order valence-electron chi connectivity index (χ0n) is 17.4. The molecule has 158 valence electrons. The van der Waals surface area contributed by atoms with E-state index in [-0.39, 0.29) is 13.0 Å². The van der Waals surface area contributed by atoms with Crippen LogP contribution in [0, 0.1) is 0 Å². The lowest BCUT2D eigenvalue weighted by Crippen LogP contribution is -2.45. The standard InChI is InChI=1S/C24H27NO4S/c1-18(2)17-23(24(26)29-3)30(27,28)25-15-13-22(14-16-25)21-11-9-20(10-12-21)19-7-5-4-6-8-19/h4-13,23H,1,14-17H2,2-3H3/t23-/m0/s1. The fourth-order valence-electron chi connectivity index (χ4n) is 3.59. The zero-order valence-corrected chi connectivity index (χ0v) is 18.2. The molecule has 6 heteroatoms. The molecule has 5 nitrogen and oxygen atoms in total. The van der Waals surface area contributed by atoms with Gasteiger partial charge in [-0.1, -0.05) is 66.2 Å². The van der Waals surface area contributed by atoms with Crippen LogP contribution in [-0.4, -0.2) is 44.1 Å². The number of hydrogen-bond donors (Lipinski definition) is 0. The highest BCUT2D eigenvalue weighted by molar-refractivity contribution is 7.90. The SMILES string of the molecule is C=C(C)C[C@@H](C(=O)OC)S(=O)(=O)N1CC=C(c2ccc(-c3ccccc3)cc2)CC1. The molecule has 30 heavy (non-hydrogen) atoms. The fraction of sp³-hybridized carbons (Fsp3) is 0.292. The van der Waals surface area contributed by atoms with Crippen molar-refractivity contribution in [2.45, 2.75) is 25.0 Å². The minimum Gasteiger partial charge on any atom is -0.468 e. The van der Waals surface area contributed by atoms with E-state index in [1.54, 1.807) is 6.92 Å². The van der Waals surface area contributed by atoms with E-state index >= 15 is 0 Å². The Labute approximate surface area is 178 Å². The van der Waals surface area contributed by atoms with Gasteiger partial charge in [-0.2, -0.15) is 4.31 Å². The van der Waals surface area contributed by atoms with E-state index in [1.165, 1.54) is 11.4 Å². The van der Waals surface area contributed by atoms with Gasteiger partial charge in [0.25, 0.3) is 0 Å². The van der Waals surface area contributed by atoms with Gasteiger partial charge in [0.1, 0.15) is 0 Å². The van der Waals surface area contributed by atoms with Gasteiger partial charge in [-0.3, -0.25) is 4.79 Å². The molecular formula is C24H27NO4S. The Kier molecular flexibility index (Phi) is 6.90. The molecule has 0 fully saturated rings. The maximum Gasteiger partial charge on any atom is 0.325 e. The van der Waals surface area contributed by atoms with Crippen LogP contribution in [0.25, 0.3) is 16.7 Å². The van der Waals surface area contributed by atoms with E-state index in [0.29, 0.717) is 18.5 Å². The summed E-state index contributed by atoms with van der Waals surface area (Å²) >= 11 is 0. The number of rotatable bonds is 7. The van der Waals surface area contributed by atoms with Crippen LogP contribution < -0.4 is 0 Å². The first-order chi connectivity index (χ1) is 14.3. The number of ether oxygens (including phenoxy) is 1. The number of hydrogen-bond acceptors (Lipinski definition) is 4. The van der Waals surface area contributed by atoms with E-state index in [2.05, 4.69) is 43.0 Å². The number of benzene rings is 2. The highest BCUT2D eigenvalue weighted by Crippen LogP contribution is 2.28. The third-order valence-electron chi connectivity index (χ3n) is 5.25. The molecule has 3 rings (SSSR count). The van der Waals surface area contributed by atoms with Gasteiger partial charge in [0, 0.05) is 13.1 Å². The number of allylic oxidation sites excluding steroid dienone is 1. The molecule has 0 saturated carbocycles. The molecule has 0 radical (unpaired) electrons. The van der Waals surface area contributed by atoms with Crippen LogP contribution in [0.5, 0.6) is 0 Å². The predicted octanol–water partition coefficient (Wildman–Crippen LogP) is 4.28. The number of methoxy groups -OCH3 is 1. The summed E-state index contributed by atoms with van der Waals surface area (Å²) in [6, 6.07) is 18.4. The average Bonchev–Trinajstić information content (AvgIpc) is 2.77. The van der Waals surface area contributed by atoms with E-state index in [4.69, 9.17) is 4.74 Å². The van der Waals surface area contributed by atoms with E-state index < -0.39 is 21.2 Å². The molecule has 1 aliphatic heterocycles. The van der Waals surface area contributed by atoms with Crippen LogP contribution in [0.3, 0.4) is 0 Å². The minimum absolute atomic E-state index is 0.0586. The first-order valence-electron chi connectivity index (χ1n) is 9.89. The van der Waals surface area contributed by atoms with Crippen LogP contribution in [0.4, 0.5) is 0 Å². The Morgan fingerprint density at radius 3 is 2.20 bits per heavy atom. The number of sulfonamides is 1. The third-order valence-corrected chi connectivity index (χ3v) is 7.38. The van der Waals surface area contributed by atoms with Gasteiger partial charge in [-0.15, -0.1) is 6.58 Å². The molecule has 0 aliphatic carbocycles. The minimum atomic E-state index is -3.83. The number of esters is 1. The maximum atomic E-state index is 13.0. The molecule has 0 aromatic heterocycles. The molecule has 1 heterocycles. The normalized spacial score (nSPS) is 15.9. The summed E-state index contributed by atoms with van der Waals surface area (Å²) < 4.78 is 32.1. The van der Waals surface area contributed by atoms with Gasteiger partial charge in [-0.05, 0) is 42.0 Å².